The van der Waals surface area contributed by atoms with E-state index in [9.17, 15) is 4.39 Å². The molecule has 0 amide bonds. The van der Waals surface area contributed by atoms with E-state index in [4.69, 9.17) is 16.3 Å². The van der Waals surface area contributed by atoms with Gasteiger partial charge in [0.25, 0.3) is 0 Å². The summed E-state index contributed by atoms with van der Waals surface area (Å²) >= 11 is 5.66. The maximum atomic E-state index is 13.4. The standard InChI is InChI=1S/C16H18ClFN2O/c1-16(2,3)20-9-11-6-7-19-10-15(11)21-12-4-5-13(17)14(18)8-12/h4-8,10,20H,9H2,1-3H3. The van der Waals surface area contributed by atoms with Crippen molar-refractivity contribution in [2.24, 2.45) is 0 Å². The zero-order valence-corrected chi connectivity index (χ0v) is 13.0. The summed E-state index contributed by atoms with van der Waals surface area (Å²) in [5.41, 5.74) is 0.947. The average molecular weight is 309 g/mol. The first-order valence-corrected chi connectivity index (χ1v) is 7.04. The van der Waals surface area contributed by atoms with Gasteiger partial charge in [-0.3, -0.25) is 4.98 Å². The van der Waals surface area contributed by atoms with Crippen molar-refractivity contribution in [1.29, 1.82) is 0 Å². The van der Waals surface area contributed by atoms with Crippen molar-refractivity contribution in [3.05, 3.63) is 53.1 Å². The summed E-state index contributed by atoms with van der Waals surface area (Å²) in [5.74, 6) is 0.477. The molecule has 112 valence electrons. The number of rotatable bonds is 4. The molecule has 0 atom stereocenters. The molecular weight excluding hydrogens is 291 g/mol. The fraction of sp³-hybridized carbons (Fsp3) is 0.312. The van der Waals surface area contributed by atoms with Gasteiger partial charge < -0.3 is 10.1 Å². The molecule has 21 heavy (non-hydrogen) atoms. The molecule has 0 saturated carbocycles. The van der Waals surface area contributed by atoms with Gasteiger partial charge in [-0.15, -0.1) is 0 Å². The van der Waals surface area contributed by atoms with E-state index in [0.29, 0.717) is 18.0 Å². The molecule has 0 aliphatic heterocycles. The third-order valence-corrected chi connectivity index (χ3v) is 3.10. The molecule has 0 bridgehead atoms. The number of nitrogens with one attached hydrogen (secondary N) is 1. The lowest BCUT2D eigenvalue weighted by atomic mass is 10.1. The fourth-order valence-electron chi connectivity index (χ4n) is 1.67. The van der Waals surface area contributed by atoms with Gasteiger partial charge in [-0.2, -0.15) is 0 Å². The Morgan fingerprint density at radius 2 is 2.05 bits per heavy atom. The number of nitrogens with zero attached hydrogens (tertiary/aromatic N) is 1. The molecule has 0 aliphatic carbocycles. The van der Waals surface area contributed by atoms with Gasteiger partial charge in [0.15, 0.2) is 0 Å². The Balaban J connectivity index is 2.17. The molecule has 5 heteroatoms. The first-order valence-electron chi connectivity index (χ1n) is 6.66. The van der Waals surface area contributed by atoms with Crippen molar-refractivity contribution in [1.82, 2.24) is 10.3 Å². The second-order valence-corrected chi connectivity index (χ2v) is 6.17. The smallest absolute Gasteiger partial charge is 0.150 e. The predicted molar refractivity (Wildman–Crippen MR) is 82.3 cm³/mol. The van der Waals surface area contributed by atoms with Crippen molar-refractivity contribution in [3.8, 4) is 11.5 Å². The lowest BCUT2D eigenvalue weighted by Crippen LogP contribution is -2.35. The van der Waals surface area contributed by atoms with E-state index in [0.717, 1.165) is 5.56 Å². The Hall–Kier alpha value is -1.65. The lowest BCUT2D eigenvalue weighted by molar-refractivity contribution is 0.413. The third-order valence-electron chi connectivity index (χ3n) is 2.80. The van der Waals surface area contributed by atoms with Crippen LogP contribution < -0.4 is 10.1 Å². The van der Waals surface area contributed by atoms with Crippen LogP contribution in [0.25, 0.3) is 0 Å². The summed E-state index contributed by atoms with van der Waals surface area (Å²) in [4.78, 5) is 4.05. The van der Waals surface area contributed by atoms with Crippen LogP contribution in [0.1, 0.15) is 26.3 Å². The SMILES string of the molecule is CC(C)(C)NCc1ccncc1Oc1ccc(Cl)c(F)c1. The van der Waals surface area contributed by atoms with Crippen LogP contribution in [0, 0.1) is 5.82 Å². The van der Waals surface area contributed by atoms with Crippen molar-refractivity contribution in [2.45, 2.75) is 32.9 Å². The Bertz CT molecular complexity index is 626. The highest BCUT2D eigenvalue weighted by Crippen LogP contribution is 2.27. The second kappa shape index (κ2) is 6.41. The average Bonchev–Trinajstić information content (AvgIpc) is 2.41. The van der Waals surface area contributed by atoms with Gasteiger partial charge in [-0.25, -0.2) is 4.39 Å². The molecule has 3 nitrogen and oxygen atoms in total. The van der Waals surface area contributed by atoms with Gasteiger partial charge in [0, 0.05) is 29.9 Å². The minimum Gasteiger partial charge on any atom is -0.455 e. The molecule has 2 aromatic rings. The van der Waals surface area contributed by atoms with E-state index in [-0.39, 0.29) is 10.6 Å². The summed E-state index contributed by atoms with van der Waals surface area (Å²) in [6.45, 7) is 6.90. The van der Waals surface area contributed by atoms with E-state index in [2.05, 4.69) is 31.1 Å². The molecule has 0 unspecified atom stereocenters. The van der Waals surface area contributed by atoms with Crippen molar-refractivity contribution in [2.75, 3.05) is 0 Å². The molecule has 0 saturated heterocycles. The van der Waals surface area contributed by atoms with Crippen LogP contribution in [0.4, 0.5) is 4.39 Å². The number of aromatic nitrogens is 1. The number of benzene rings is 1. The Morgan fingerprint density at radius 1 is 1.29 bits per heavy atom. The first kappa shape index (κ1) is 15.7. The zero-order chi connectivity index (χ0) is 15.5. The van der Waals surface area contributed by atoms with E-state index in [1.165, 1.54) is 12.1 Å². The molecular formula is C16H18ClFN2O. The summed E-state index contributed by atoms with van der Waals surface area (Å²) in [6.07, 6.45) is 3.32. The molecule has 1 aromatic heterocycles. The predicted octanol–water partition coefficient (Wildman–Crippen LogP) is 4.55. The van der Waals surface area contributed by atoms with Crippen molar-refractivity contribution >= 4 is 11.6 Å². The molecule has 2 rings (SSSR count). The Labute approximate surface area is 129 Å². The highest BCUT2D eigenvalue weighted by atomic mass is 35.5. The molecule has 0 radical (unpaired) electrons. The summed E-state index contributed by atoms with van der Waals surface area (Å²) in [7, 11) is 0. The quantitative estimate of drug-likeness (QED) is 0.899. The molecule has 1 aromatic carbocycles. The van der Waals surface area contributed by atoms with Crippen LogP contribution in [-0.2, 0) is 6.54 Å². The molecule has 0 aliphatic rings. The largest absolute Gasteiger partial charge is 0.455 e. The second-order valence-electron chi connectivity index (χ2n) is 5.76. The van der Waals surface area contributed by atoms with Crippen LogP contribution in [0.15, 0.2) is 36.7 Å². The number of hydrogen-bond acceptors (Lipinski definition) is 3. The highest BCUT2D eigenvalue weighted by Gasteiger charge is 2.12. The lowest BCUT2D eigenvalue weighted by Gasteiger charge is -2.21. The summed E-state index contributed by atoms with van der Waals surface area (Å²) in [6, 6.07) is 6.23. The highest BCUT2D eigenvalue weighted by molar-refractivity contribution is 6.30. The van der Waals surface area contributed by atoms with Crippen LogP contribution in [0.2, 0.25) is 5.02 Å². The van der Waals surface area contributed by atoms with Crippen molar-refractivity contribution in [3.63, 3.8) is 0 Å². The Kier molecular flexibility index (Phi) is 4.80. The zero-order valence-electron chi connectivity index (χ0n) is 12.3. The van der Waals surface area contributed by atoms with Crippen LogP contribution in [-0.4, -0.2) is 10.5 Å². The van der Waals surface area contributed by atoms with Crippen LogP contribution in [0.5, 0.6) is 11.5 Å². The summed E-state index contributed by atoms with van der Waals surface area (Å²) in [5, 5.41) is 3.45. The van der Waals surface area contributed by atoms with E-state index in [1.54, 1.807) is 18.5 Å². The first-order chi connectivity index (χ1) is 9.85. The molecule has 0 spiro atoms. The number of pyridine rings is 1. The fourth-order valence-corrected chi connectivity index (χ4v) is 1.79. The normalized spacial score (nSPS) is 11.5. The van der Waals surface area contributed by atoms with Crippen LogP contribution in [0.3, 0.4) is 0 Å². The minimum atomic E-state index is -0.507. The topological polar surface area (TPSA) is 34.2 Å². The van der Waals surface area contributed by atoms with Crippen molar-refractivity contribution < 1.29 is 9.13 Å². The van der Waals surface area contributed by atoms with Gasteiger partial charge in [0.1, 0.15) is 17.3 Å². The number of hydrogen-bond donors (Lipinski definition) is 1. The van der Waals surface area contributed by atoms with Gasteiger partial charge in [-0.1, -0.05) is 11.6 Å². The Morgan fingerprint density at radius 3 is 2.71 bits per heavy atom. The minimum absolute atomic E-state index is 0.00702. The number of ether oxygens (including phenoxy) is 1. The monoisotopic (exact) mass is 308 g/mol. The summed E-state index contributed by atoms with van der Waals surface area (Å²) < 4.78 is 19.2. The molecule has 0 fully saturated rings. The van der Waals surface area contributed by atoms with Gasteiger partial charge in [0.05, 0.1) is 11.2 Å². The van der Waals surface area contributed by atoms with Gasteiger partial charge in [0.2, 0.25) is 0 Å². The van der Waals surface area contributed by atoms with E-state index < -0.39 is 5.82 Å². The molecule has 1 N–H and O–H groups in total. The van der Waals surface area contributed by atoms with E-state index >= 15 is 0 Å². The van der Waals surface area contributed by atoms with Gasteiger partial charge in [-0.05, 0) is 39.0 Å². The third kappa shape index (κ3) is 4.69. The number of halogens is 2. The molecule has 1 heterocycles. The maximum Gasteiger partial charge on any atom is 0.150 e. The maximum absolute atomic E-state index is 13.4. The van der Waals surface area contributed by atoms with Gasteiger partial charge >= 0.3 is 0 Å². The van der Waals surface area contributed by atoms with Crippen LogP contribution >= 0.6 is 11.6 Å². The van der Waals surface area contributed by atoms with E-state index in [1.807, 2.05) is 6.07 Å².